The number of hydrogen-bond acceptors (Lipinski definition) is 3. The summed E-state index contributed by atoms with van der Waals surface area (Å²) in [5.74, 6) is 0.634. The lowest BCUT2D eigenvalue weighted by Crippen LogP contribution is -2.20. The molecule has 2 aromatic heterocycles. The van der Waals surface area contributed by atoms with Gasteiger partial charge in [-0.1, -0.05) is 23.7 Å². The Morgan fingerprint density at radius 3 is 2.75 bits per heavy atom. The van der Waals surface area contributed by atoms with Crippen molar-refractivity contribution >= 4 is 22.4 Å². The van der Waals surface area contributed by atoms with Crippen molar-refractivity contribution in [1.29, 1.82) is 0 Å². The fraction of sp³-hybridized carbons (Fsp3) is 0.182. The van der Waals surface area contributed by atoms with Crippen molar-refractivity contribution in [3.05, 3.63) is 87.8 Å². The van der Waals surface area contributed by atoms with E-state index in [-0.39, 0.29) is 5.56 Å². The molecule has 4 rings (SSSR count). The van der Waals surface area contributed by atoms with Crippen LogP contribution < -0.4 is 10.3 Å². The SMILES string of the molecule is COc1cc2c(=O)n(CCc3cccc(Cl)c3)ccc2cc1-n1cnc(C)c1. The van der Waals surface area contributed by atoms with Crippen LogP contribution in [0.5, 0.6) is 5.75 Å². The fourth-order valence-electron chi connectivity index (χ4n) is 3.34. The van der Waals surface area contributed by atoms with E-state index in [9.17, 15) is 4.79 Å². The molecule has 0 saturated heterocycles. The van der Waals surface area contributed by atoms with Gasteiger partial charge in [-0.25, -0.2) is 4.98 Å². The van der Waals surface area contributed by atoms with Crippen LogP contribution in [0.1, 0.15) is 11.3 Å². The molecule has 0 unspecified atom stereocenters. The lowest BCUT2D eigenvalue weighted by molar-refractivity contribution is 0.413. The summed E-state index contributed by atoms with van der Waals surface area (Å²) in [6.07, 6.45) is 6.24. The van der Waals surface area contributed by atoms with Gasteiger partial charge in [-0.15, -0.1) is 0 Å². The van der Waals surface area contributed by atoms with Gasteiger partial charge < -0.3 is 13.9 Å². The summed E-state index contributed by atoms with van der Waals surface area (Å²) in [7, 11) is 1.61. The van der Waals surface area contributed by atoms with Gasteiger partial charge in [0.2, 0.25) is 0 Å². The van der Waals surface area contributed by atoms with Gasteiger partial charge in [-0.2, -0.15) is 0 Å². The highest BCUT2D eigenvalue weighted by atomic mass is 35.5. The zero-order chi connectivity index (χ0) is 19.7. The third-order valence-electron chi connectivity index (χ3n) is 4.80. The molecule has 0 aliphatic heterocycles. The van der Waals surface area contributed by atoms with E-state index in [1.807, 2.05) is 60.3 Å². The van der Waals surface area contributed by atoms with Crippen molar-refractivity contribution in [1.82, 2.24) is 14.1 Å². The van der Waals surface area contributed by atoms with Gasteiger partial charge in [0.1, 0.15) is 5.75 Å². The molecule has 0 aliphatic carbocycles. The normalized spacial score (nSPS) is 11.1. The summed E-state index contributed by atoms with van der Waals surface area (Å²) >= 11 is 6.05. The Bertz CT molecular complexity index is 1210. The molecule has 0 aliphatic rings. The van der Waals surface area contributed by atoms with E-state index in [0.29, 0.717) is 22.7 Å². The smallest absolute Gasteiger partial charge is 0.258 e. The third kappa shape index (κ3) is 3.53. The molecule has 6 heteroatoms. The molecule has 0 radical (unpaired) electrons. The number of halogens is 1. The summed E-state index contributed by atoms with van der Waals surface area (Å²) in [6.45, 7) is 2.52. The van der Waals surface area contributed by atoms with Crippen molar-refractivity contribution in [3.63, 3.8) is 0 Å². The molecular weight excluding hydrogens is 374 g/mol. The van der Waals surface area contributed by atoms with Crippen molar-refractivity contribution in [3.8, 4) is 11.4 Å². The Morgan fingerprint density at radius 1 is 1.18 bits per heavy atom. The van der Waals surface area contributed by atoms with Crippen LogP contribution in [0.3, 0.4) is 0 Å². The zero-order valence-electron chi connectivity index (χ0n) is 15.7. The summed E-state index contributed by atoms with van der Waals surface area (Å²) in [6, 6.07) is 13.4. The number of fused-ring (bicyclic) bond motifs is 1. The predicted octanol–water partition coefficient (Wildman–Crippen LogP) is 4.40. The first kappa shape index (κ1) is 18.3. The van der Waals surface area contributed by atoms with Crippen LogP contribution in [-0.2, 0) is 13.0 Å². The Balaban J connectivity index is 1.71. The minimum absolute atomic E-state index is 0.0359. The van der Waals surface area contributed by atoms with Gasteiger partial charge >= 0.3 is 0 Å². The molecule has 0 fully saturated rings. The highest BCUT2D eigenvalue weighted by Crippen LogP contribution is 2.27. The molecule has 0 bridgehead atoms. The van der Waals surface area contributed by atoms with Crippen LogP contribution in [0, 0.1) is 6.92 Å². The monoisotopic (exact) mass is 393 g/mol. The van der Waals surface area contributed by atoms with E-state index in [2.05, 4.69) is 4.98 Å². The molecular formula is C22H20ClN3O2. The van der Waals surface area contributed by atoms with Crippen molar-refractivity contribution in [2.24, 2.45) is 0 Å². The number of imidazole rings is 1. The van der Waals surface area contributed by atoms with Crippen LogP contribution >= 0.6 is 11.6 Å². The second-order valence-corrected chi connectivity index (χ2v) is 7.16. The Kier molecular flexibility index (Phi) is 4.92. The molecule has 0 spiro atoms. The largest absolute Gasteiger partial charge is 0.495 e. The first-order valence-corrected chi connectivity index (χ1v) is 9.39. The number of aromatic nitrogens is 3. The predicted molar refractivity (Wildman–Crippen MR) is 112 cm³/mol. The Morgan fingerprint density at radius 2 is 2.04 bits per heavy atom. The highest BCUT2D eigenvalue weighted by molar-refractivity contribution is 6.30. The summed E-state index contributed by atoms with van der Waals surface area (Å²) in [5, 5.41) is 2.20. The second kappa shape index (κ2) is 7.52. The number of methoxy groups -OCH3 is 1. The number of rotatable bonds is 5. The molecule has 28 heavy (non-hydrogen) atoms. The second-order valence-electron chi connectivity index (χ2n) is 6.73. The van der Waals surface area contributed by atoms with Crippen LogP contribution in [0.2, 0.25) is 5.02 Å². The van der Waals surface area contributed by atoms with E-state index in [1.54, 1.807) is 24.1 Å². The van der Waals surface area contributed by atoms with Gasteiger partial charge in [0.25, 0.3) is 5.56 Å². The molecule has 0 saturated carbocycles. The van der Waals surface area contributed by atoms with Gasteiger partial charge in [0.05, 0.1) is 30.2 Å². The molecule has 2 aromatic carbocycles. The number of aryl methyl sites for hydroxylation is 3. The molecule has 4 aromatic rings. The number of pyridine rings is 1. The van der Waals surface area contributed by atoms with E-state index in [1.165, 1.54) is 0 Å². The van der Waals surface area contributed by atoms with Crippen LogP contribution in [-0.4, -0.2) is 21.2 Å². The fourth-order valence-corrected chi connectivity index (χ4v) is 3.55. The quantitative estimate of drug-likeness (QED) is 0.505. The number of hydrogen-bond donors (Lipinski definition) is 0. The average Bonchev–Trinajstić information content (AvgIpc) is 3.13. The first-order valence-electron chi connectivity index (χ1n) is 9.02. The van der Waals surface area contributed by atoms with E-state index in [0.717, 1.165) is 28.8 Å². The number of benzene rings is 2. The van der Waals surface area contributed by atoms with Gasteiger partial charge in [-0.3, -0.25) is 4.79 Å². The van der Waals surface area contributed by atoms with Crippen molar-refractivity contribution in [2.45, 2.75) is 19.9 Å². The summed E-state index contributed by atoms with van der Waals surface area (Å²) in [4.78, 5) is 17.3. The lowest BCUT2D eigenvalue weighted by atomic mass is 10.1. The van der Waals surface area contributed by atoms with Gasteiger partial charge in [0.15, 0.2) is 0 Å². The maximum Gasteiger partial charge on any atom is 0.258 e. The standard InChI is InChI=1S/C22H20ClN3O2/c1-15-13-26(14-24-15)20-11-17-7-9-25(22(27)19(17)12-21(20)28-2)8-6-16-4-3-5-18(23)10-16/h3-5,7,9-14H,6,8H2,1-2H3. The Labute approximate surface area is 167 Å². The van der Waals surface area contributed by atoms with Crippen LogP contribution in [0.25, 0.3) is 16.5 Å². The van der Waals surface area contributed by atoms with Gasteiger partial charge in [0, 0.05) is 24.0 Å². The molecule has 2 heterocycles. The van der Waals surface area contributed by atoms with Gasteiger partial charge in [-0.05, 0) is 54.6 Å². The number of ether oxygens (including phenoxy) is 1. The summed E-state index contributed by atoms with van der Waals surface area (Å²) < 4.78 is 9.17. The Hall–Kier alpha value is -3.05. The maximum absolute atomic E-state index is 13.0. The molecule has 0 amide bonds. The zero-order valence-corrected chi connectivity index (χ0v) is 16.5. The molecule has 142 valence electrons. The average molecular weight is 394 g/mol. The summed E-state index contributed by atoms with van der Waals surface area (Å²) in [5.41, 5.74) is 2.83. The van der Waals surface area contributed by atoms with Crippen LogP contribution in [0.15, 0.2) is 66.0 Å². The van der Waals surface area contributed by atoms with E-state index >= 15 is 0 Å². The number of nitrogens with zero attached hydrogens (tertiary/aromatic N) is 3. The first-order chi connectivity index (χ1) is 13.5. The maximum atomic E-state index is 13.0. The topological polar surface area (TPSA) is 49.0 Å². The minimum Gasteiger partial charge on any atom is -0.495 e. The van der Waals surface area contributed by atoms with E-state index < -0.39 is 0 Å². The lowest BCUT2D eigenvalue weighted by Gasteiger charge is -2.12. The third-order valence-corrected chi connectivity index (χ3v) is 5.03. The van der Waals surface area contributed by atoms with Crippen molar-refractivity contribution in [2.75, 3.05) is 7.11 Å². The minimum atomic E-state index is -0.0359. The molecule has 0 N–H and O–H groups in total. The van der Waals surface area contributed by atoms with E-state index in [4.69, 9.17) is 16.3 Å². The van der Waals surface area contributed by atoms with Crippen molar-refractivity contribution < 1.29 is 4.74 Å². The molecule has 5 nitrogen and oxygen atoms in total. The van der Waals surface area contributed by atoms with Crippen LogP contribution in [0.4, 0.5) is 0 Å². The molecule has 0 atom stereocenters. The highest BCUT2D eigenvalue weighted by Gasteiger charge is 2.11.